The van der Waals surface area contributed by atoms with E-state index in [0.29, 0.717) is 39.0 Å². The Labute approximate surface area is 104 Å². The molecule has 0 aromatic rings. The van der Waals surface area contributed by atoms with Crippen LogP contribution < -0.4 is 0 Å². The Kier molecular flexibility index (Phi) is 8.61. The molecular weight excluding hydrogens is 220 g/mol. The lowest BCUT2D eigenvalue weighted by atomic mass is 9.87. The minimum Gasteiger partial charge on any atom is -0.393 e. The van der Waals surface area contributed by atoms with Crippen molar-refractivity contribution >= 4 is 0 Å². The van der Waals surface area contributed by atoms with Crippen molar-refractivity contribution in [3.63, 3.8) is 0 Å². The summed E-state index contributed by atoms with van der Waals surface area (Å²) < 4.78 is 16.0. The van der Waals surface area contributed by atoms with Gasteiger partial charge in [0.15, 0.2) is 0 Å². The number of hydrogen-bond donors (Lipinski definition) is 1. The number of aliphatic hydroxyl groups excluding tert-OH is 1. The van der Waals surface area contributed by atoms with E-state index in [0.717, 1.165) is 25.9 Å². The highest BCUT2D eigenvalue weighted by Gasteiger charge is 2.22. The van der Waals surface area contributed by atoms with E-state index in [-0.39, 0.29) is 6.10 Å². The largest absolute Gasteiger partial charge is 0.393 e. The van der Waals surface area contributed by atoms with Gasteiger partial charge in [0.1, 0.15) is 0 Å². The van der Waals surface area contributed by atoms with Crippen LogP contribution in [0, 0.1) is 5.92 Å². The molecule has 0 saturated heterocycles. The molecular formula is C13H26O4. The molecule has 0 radical (unpaired) electrons. The highest BCUT2D eigenvalue weighted by Crippen LogP contribution is 2.24. The summed E-state index contributed by atoms with van der Waals surface area (Å²) in [5.74, 6) is 0.326. The first kappa shape index (κ1) is 14.9. The van der Waals surface area contributed by atoms with Crippen LogP contribution in [-0.4, -0.2) is 50.9 Å². The molecule has 2 unspecified atom stereocenters. The van der Waals surface area contributed by atoms with Gasteiger partial charge in [0.25, 0.3) is 0 Å². The Balaban J connectivity index is 1.86. The van der Waals surface area contributed by atoms with E-state index < -0.39 is 0 Å². The monoisotopic (exact) mass is 246 g/mol. The van der Waals surface area contributed by atoms with Gasteiger partial charge in [-0.3, -0.25) is 0 Å². The number of rotatable bonds is 9. The average molecular weight is 246 g/mol. The van der Waals surface area contributed by atoms with Gasteiger partial charge in [-0.05, 0) is 19.8 Å². The van der Waals surface area contributed by atoms with Crippen LogP contribution in [0.15, 0.2) is 0 Å². The Morgan fingerprint density at radius 1 is 0.941 bits per heavy atom. The predicted molar refractivity (Wildman–Crippen MR) is 66.1 cm³/mol. The molecule has 0 bridgehead atoms. The van der Waals surface area contributed by atoms with Crippen molar-refractivity contribution in [1.29, 1.82) is 0 Å². The minimum absolute atomic E-state index is 0.164. The van der Waals surface area contributed by atoms with Gasteiger partial charge in [0, 0.05) is 12.5 Å². The first-order valence-corrected chi connectivity index (χ1v) is 6.76. The van der Waals surface area contributed by atoms with E-state index in [9.17, 15) is 5.11 Å². The second-order valence-electron chi connectivity index (χ2n) is 4.50. The maximum absolute atomic E-state index is 9.74. The molecule has 4 heteroatoms. The zero-order chi connectivity index (χ0) is 12.3. The smallest absolute Gasteiger partial charge is 0.0701 e. The molecule has 4 nitrogen and oxygen atoms in total. The highest BCUT2D eigenvalue weighted by molar-refractivity contribution is 4.73. The van der Waals surface area contributed by atoms with E-state index in [2.05, 4.69) is 0 Å². The minimum atomic E-state index is -0.164. The predicted octanol–water partition coefficient (Wildman–Crippen LogP) is 1.61. The molecule has 0 heterocycles. The lowest BCUT2D eigenvalue weighted by molar-refractivity contribution is -0.0208. The van der Waals surface area contributed by atoms with Crippen LogP contribution in [0.1, 0.15) is 32.6 Å². The molecule has 1 rings (SSSR count). The van der Waals surface area contributed by atoms with E-state index in [4.69, 9.17) is 14.2 Å². The molecule has 1 saturated carbocycles. The highest BCUT2D eigenvalue weighted by atomic mass is 16.5. The van der Waals surface area contributed by atoms with Gasteiger partial charge in [0.05, 0.1) is 39.1 Å². The molecule has 0 aromatic heterocycles. The summed E-state index contributed by atoms with van der Waals surface area (Å²) in [6, 6.07) is 0. The third-order valence-electron chi connectivity index (χ3n) is 3.15. The molecule has 1 aliphatic carbocycles. The molecule has 102 valence electrons. The maximum Gasteiger partial charge on any atom is 0.0701 e. The van der Waals surface area contributed by atoms with E-state index >= 15 is 0 Å². The van der Waals surface area contributed by atoms with Crippen molar-refractivity contribution in [2.45, 2.75) is 38.7 Å². The van der Waals surface area contributed by atoms with Gasteiger partial charge < -0.3 is 19.3 Å². The Bertz CT molecular complexity index is 175. The quantitative estimate of drug-likeness (QED) is 0.628. The summed E-state index contributed by atoms with van der Waals surface area (Å²) in [6.45, 7) is 5.86. The van der Waals surface area contributed by atoms with Crippen LogP contribution >= 0.6 is 0 Å². The van der Waals surface area contributed by atoms with E-state index in [1.807, 2.05) is 6.92 Å². The maximum atomic E-state index is 9.74. The number of hydrogen-bond acceptors (Lipinski definition) is 4. The lowest BCUT2D eigenvalue weighted by Crippen LogP contribution is -2.28. The fourth-order valence-electron chi connectivity index (χ4n) is 2.10. The van der Waals surface area contributed by atoms with E-state index in [1.165, 1.54) is 6.42 Å². The van der Waals surface area contributed by atoms with Crippen LogP contribution in [0.5, 0.6) is 0 Å². The van der Waals surface area contributed by atoms with Crippen LogP contribution in [-0.2, 0) is 14.2 Å². The fourth-order valence-corrected chi connectivity index (χ4v) is 2.10. The van der Waals surface area contributed by atoms with Crippen molar-refractivity contribution < 1.29 is 19.3 Å². The third kappa shape index (κ3) is 6.99. The van der Waals surface area contributed by atoms with E-state index in [1.54, 1.807) is 0 Å². The Hall–Kier alpha value is -0.160. The van der Waals surface area contributed by atoms with Crippen molar-refractivity contribution in [2.24, 2.45) is 5.92 Å². The van der Waals surface area contributed by atoms with Gasteiger partial charge in [-0.25, -0.2) is 0 Å². The Morgan fingerprint density at radius 3 is 2.29 bits per heavy atom. The van der Waals surface area contributed by atoms with Crippen molar-refractivity contribution in [3.05, 3.63) is 0 Å². The fraction of sp³-hybridized carbons (Fsp3) is 1.00. The second-order valence-corrected chi connectivity index (χ2v) is 4.50. The van der Waals surface area contributed by atoms with Crippen LogP contribution in [0.2, 0.25) is 0 Å². The molecule has 2 atom stereocenters. The summed E-state index contributed by atoms with van der Waals surface area (Å²) in [6.07, 6.45) is 4.22. The molecule has 0 spiro atoms. The second kappa shape index (κ2) is 9.83. The molecule has 0 amide bonds. The summed E-state index contributed by atoms with van der Waals surface area (Å²) in [5, 5.41) is 9.74. The normalized spacial score (nSPS) is 25.1. The van der Waals surface area contributed by atoms with Crippen LogP contribution in [0.3, 0.4) is 0 Å². The summed E-state index contributed by atoms with van der Waals surface area (Å²) in [5.41, 5.74) is 0. The SMILES string of the molecule is CCOCCOCCOCC1CCCCC1O. The van der Waals surface area contributed by atoms with Gasteiger partial charge >= 0.3 is 0 Å². The van der Waals surface area contributed by atoms with Gasteiger partial charge in [-0.1, -0.05) is 12.8 Å². The zero-order valence-electron chi connectivity index (χ0n) is 10.9. The summed E-state index contributed by atoms with van der Waals surface area (Å²) >= 11 is 0. The first-order valence-electron chi connectivity index (χ1n) is 6.76. The average Bonchev–Trinajstić information content (AvgIpc) is 2.35. The molecule has 0 aromatic carbocycles. The van der Waals surface area contributed by atoms with Gasteiger partial charge in [0.2, 0.25) is 0 Å². The number of aliphatic hydroxyl groups is 1. The first-order chi connectivity index (χ1) is 8.34. The van der Waals surface area contributed by atoms with Gasteiger partial charge in [-0.15, -0.1) is 0 Å². The topological polar surface area (TPSA) is 47.9 Å². The zero-order valence-corrected chi connectivity index (χ0v) is 10.9. The molecule has 0 aliphatic heterocycles. The van der Waals surface area contributed by atoms with Crippen molar-refractivity contribution in [2.75, 3.05) is 39.6 Å². The Morgan fingerprint density at radius 2 is 1.59 bits per heavy atom. The summed E-state index contributed by atoms with van der Waals surface area (Å²) in [7, 11) is 0. The van der Waals surface area contributed by atoms with Gasteiger partial charge in [-0.2, -0.15) is 0 Å². The van der Waals surface area contributed by atoms with Crippen molar-refractivity contribution in [1.82, 2.24) is 0 Å². The molecule has 17 heavy (non-hydrogen) atoms. The van der Waals surface area contributed by atoms with Crippen LogP contribution in [0.4, 0.5) is 0 Å². The van der Waals surface area contributed by atoms with Crippen molar-refractivity contribution in [3.8, 4) is 0 Å². The molecule has 1 fully saturated rings. The summed E-state index contributed by atoms with van der Waals surface area (Å²) in [4.78, 5) is 0. The molecule has 1 N–H and O–H groups in total. The molecule has 1 aliphatic rings. The third-order valence-corrected chi connectivity index (χ3v) is 3.15. The lowest BCUT2D eigenvalue weighted by Gasteiger charge is -2.27. The van der Waals surface area contributed by atoms with Crippen LogP contribution in [0.25, 0.3) is 0 Å². The number of ether oxygens (including phenoxy) is 3. The standard InChI is InChI=1S/C13H26O4/c1-2-15-7-8-16-9-10-17-11-12-5-3-4-6-13(12)14/h12-14H,2-11H2,1H3.